The van der Waals surface area contributed by atoms with Crippen molar-refractivity contribution in [1.29, 1.82) is 0 Å². The van der Waals surface area contributed by atoms with Gasteiger partial charge < -0.3 is 14.3 Å². The van der Waals surface area contributed by atoms with Crippen LogP contribution in [0.2, 0.25) is 0 Å². The van der Waals surface area contributed by atoms with Gasteiger partial charge in [-0.2, -0.15) is 0 Å². The molecule has 1 N–H and O–H groups in total. The molecular formula is C14H14O4. The lowest BCUT2D eigenvalue weighted by Gasteiger charge is -2.13. The van der Waals surface area contributed by atoms with Crippen LogP contribution in [0.3, 0.4) is 0 Å². The molecule has 94 valence electrons. The standard InChI is InChI=1S/C14H14O4/c1-10(11-5-3-2-4-6-11)18-14-9-17-12(8-15)7-13(14)16/h2-7,9-10,15H,8H2,1H3. The molecule has 4 nitrogen and oxygen atoms in total. The molecule has 0 spiro atoms. The Kier molecular flexibility index (Phi) is 3.79. The zero-order valence-electron chi connectivity index (χ0n) is 10.00. The first-order valence-corrected chi connectivity index (χ1v) is 5.65. The van der Waals surface area contributed by atoms with Gasteiger partial charge in [-0.3, -0.25) is 4.79 Å². The molecule has 18 heavy (non-hydrogen) atoms. The first kappa shape index (κ1) is 12.4. The largest absolute Gasteiger partial charge is 0.479 e. The molecule has 2 aromatic rings. The van der Waals surface area contributed by atoms with E-state index in [1.165, 1.54) is 12.3 Å². The first-order chi connectivity index (χ1) is 8.70. The molecular weight excluding hydrogens is 232 g/mol. The van der Waals surface area contributed by atoms with E-state index in [0.717, 1.165) is 5.56 Å². The molecule has 0 fully saturated rings. The SMILES string of the molecule is CC(Oc1coc(CO)cc1=O)c1ccccc1. The van der Waals surface area contributed by atoms with Crippen LogP contribution in [-0.4, -0.2) is 5.11 Å². The van der Waals surface area contributed by atoms with E-state index >= 15 is 0 Å². The van der Waals surface area contributed by atoms with Crippen LogP contribution in [0, 0.1) is 0 Å². The maximum Gasteiger partial charge on any atom is 0.227 e. The molecule has 0 saturated heterocycles. The van der Waals surface area contributed by atoms with E-state index in [1.807, 2.05) is 37.3 Å². The number of rotatable bonds is 4. The van der Waals surface area contributed by atoms with Gasteiger partial charge in [-0.25, -0.2) is 0 Å². The van der Waals surface area contributed by atoms with Crippen molar-refractivity contribution in [2.24, 2.45) is 0 Å². The minimum Gasteiger partial charge on any atom is -0.479 e. The molecule has 1 heterocycles. The van der Waals surface area contributed by atoms with Crippen LogP contribution >= 0.6 is 0 Å². The van der Waals surface area contributed by atoms with E-state index < -0.39 is 0 Å². The summed E-state index contributed by atoms with van der Waals surface area (Å²) in [5.41, 5.74) is 0.677. The highest BCUT2D eigenvalue weighted by molar-refractivity contribution is 5.21. The van der Waals surface area contributed by atoms with Crippen LogP contribution in [0.15, 0.2) is 51.9 Å². The smallest absolute Gasteiger partial charge is 0.227 e. The Hall–Kier alpha value is -2.07. The van der Waals surface area contributed by atoms with Crippen LogP contribution in [0.1, 0.15) is 24.4 Å². The summed E-state index contributed by atoms with van der Waals surface area (Å²) in [5.74, 6) is 0.364. The quantitative estimate of drug-likeness (QED) is 0.899. The van der Waals surface area contributed by atoms with E-state index in [1.54, 1.807) is 0 Å². The highest BCUT2D eigenvalue weighted by atomic mass is 16.5. The average Bonchev–Trinajstić information content (AvgIpc) is 2.42. The molecule has 1 unspecified atom stereocenters. The van der Waals surface area contributed by atoms with Crippen LogP contribution in [0.25, 0.3) is 0 Å². The predicted molar refractivity (Wildman–Crippen MR) is 66.4 cm³/mol. The Bertz CT molecular complexity index is 560. The fourth-order valence-electron chi connectivity index (χ4n) is 1.59. The third kappa shape index (κ3) is 2.78. The number of hydrogen-bond donors (Lipinski definition) is 1. The number of aliphatic hydroxyl groups is 1. The Morgan fingerprint density at radius 3 is 2.67 bits per heavy atom. The van der Waals surface area contributed by atoms with Gasteiger partial charge in [-0.05, 0) is 12.5 Å². The molecule has 0 saturated carbocycles. The molecule has 0 bridgehead atoms. The highest BCUT2D eigenvalue weighted by Gasteiger charge is 2.10. The maximum absolute atomic E-state index is 11.7. The van der Waals surface area contributed by atoms with Gasteiger partial charge in [0, 0.05) is 6.07 Å². The Morgan fingerprint density at radius 2 is 2.06 bits per heavy atom. The van der Waals surface area contributed by atoms with E-state index in [2.05, 4.69) is 0 Å². The van der Waals surface area contributed by atoms with Gasteiger partial charge in [0.25, 0.3) is 0 Å². The fraction of sp³-hybridized carbons (Fsp3) is 0.214. The van der Waals surface area contributed by atoms with E-state index in [9.17, 15) is 4.79 Å². The van der Waals surface area contributed by atoms with Crippen LogP contribution in [-0.2, 0) is 6.61 Å². The summed E-state index contributed by atoms with van der Waals surface area (Å²) in [6, 6.07) is 10.8. The molecule has 0 aliphatic rings. The van der Waals surface area contributed by atoms with Crippen LogP contribution in [0.4, 0.5) is 0 Å². The second kappa shape index (κ2) is 5.51. The summed E-state index contributed by atoms with van der Waals surface area (Å²) in [4.78, 5) is 11.7. The maximum atomic E-state index is 11.7. The lowest BCUT2D eigenvalue weighted by molar-refractivity contribution is 0.208. The summed E-state index contributed by atoms with van der Waals surface area (Å²) in [5, 5.41) is 8.84. The lowest BCUT2D eigenvalue weighted by Crippen LogP contribution is -2.11. The molecule has 0 radical (unpaired) electrons. The van der Waals surface area contributed by atoms with Crippen molar-refractivity contribution in [2.75, 3.05) is 0 Å². The van der Waals surface area contributed by atoms with Gasteiger partial charge in [-0.15, -0.1) is 0 Å². The van der Waals surface area contributed by atoms with Crippen molar-refractivity contribution in [3.63, 3.8) is 0 Å². The zero-order valence-corrected chi connectivity index (χ0v) is 10.00. The Labute approximate surface area is 104 Å². The predicted octanol–water partition coefficient (Wildman–Crippen LogP) is 2.27. The van der Waals surface area contributed by atoms with Crippen molar-refractivity contribution in [1.82, 2.24) is 0 Å². The summed E-state index contributed by atoms with van der Waals surface area (Å²) < 4.78 is 10.6. The molecule has 4 heteroatoms. The van der Waals surface area contributed by atoms with Crippen molar-refractivity contribution < 1.29 is 14.3 Å². The third-order valence-electron chi connectivity index (χ3n) is 2.58. The molecule has 0 aliphatic heterocycles. The van der Waals surface area contributed by atoms with Crippen molar-refractivity contribution in [3.05, 3.63) is 64.2 Å². The van der Waals surface area contributed by atoms with Crippen molar-refractivity contribution >= 4 is 0 Å². The molecule has 1 atom stereocenters. The highest BCUT2D eigenvalue weighted by Crippen LogP contribution is 2.18. The van der Waals surface area contributed by atoms with Gasteiger partial charge in [0.1, 0.15) is 24.7 Å². The van der Waals surface area contributed by atoms with Gasteiger partial charge in [-0.1, -0.05) is 30.3 Å². The average molecular weight is 246 g/mol. The topological polar surface area (TPSA) is 59.7 Å². The third-order valence-corrected chi connectivity index (χ3v) is 2.58. The van der Waals surface area contributed by atoms with Crippen molar-refractivity contribution in [3.8, 4) is 5.75 Å². The summed E-state index contributed by atoms with van der Waals surface area (Å²) >= 11 is 0. The van der Waals surface area contributed by atoms with E-state index in [4.69, 9.17) is 14.3 Å². The first-order valence-electron chi connectivity index (χ1n) is 5.65. The van der Waals surface area contributed by atoms with Crippen LogP contribution < -0.4 is 10.2 Å². The summed E-state index contributed by atoms with van der Waals surface area (Å²) in [6.07, 6.45) is 0.988. The van der Waals surface area contributed by atoms with Crippen LogP contribution in [0.5, 0.6) is 5.75 Å². The molecule has 0 amide bonds. The molecule has 0 aliphatic carbocycles. The Morgan fingerprint density at radius 1 is 1.33 bits per heavy atom. The van der Waals surface area contributed by atoms with E-state index in [-0.39, 0.29) is 29.6 Å². The minimum absolute atomic E-state index is 0.142. The number of ether oxygens (including phenoxy) is 1. The summed E-state index contributed by atoms with van der Waals surface area (Å²) in [6.45, 7) is 1.55. The minimum atomic E-state index is -0.302. The second-order valence-electron chi connectivity index (χ2n) is 3.90. The lowest BCUT2D eigenvalue weighted by atomic mass is 10.1. The van der Waals surface area contributed by atoms with Gasteiger partial charge in [0.15, 0.2) is 0 Å². The number of benzene rings is 1. The van der Waals surface area contributed by atoms with Gasteiger partial charge >= 0.3 is 0 Å². The molecule has 1 aromatic carbocycles. The normalized spacial score (nSPS) is 12.1. The van der Waals surface area contributed by atoms with E-state index in [0.29, 0.717) is 0 Å². The zero-order chi connectivity index (χ0) is 13.0. The van der Waals surface area contributed by atoms with Crippen molar-refractivity contribution in [2.45, 2.75) is 19.6 Å². The summed E-state index contributed by atoms with van der Waals surface area (Å²) in [7, 11) is 0. The number of aliphatic hydroxyl groups excluding tert-OH is 1. The number of hydrogen-bond acceptors (Lipinski definition) is 4. The molecule has 2 rings (SSSR count). The second-order valence-corrected chi connectivity index (χ2v) is 3.90. The Balaban J connectivity index is 2.17. The monoisotopic (exact) mass is 246 g/mol. The molecule has 1 aromatic heterocycles. The van der Waals surface area contributed by atoms with Gasteiger partial charge in [0.05, 0.1) is 0 Å². The fourth-order valence-corrected chi connectivity index (χ4v) is 1.59. The van der Waals surface area contributed by atoms with Gasteiger partial charge in [0.2, 0.25) is 11.2 Å².